The Labute approximate surface area is 109 Å². The summed E-state index contributed by atoms with van der Waals surface area (Å²) in [6.07, 6.45) is 0. The molecule has 0 fully saturated rings. The van der Waals surface area contributed by atoms with Crippen molar-refractivity contribution >= 4 is 28.9 Å². The first-order valence-corrected chi connectivity index (χ1v) is 5.51. The second kappa shape index (κ2) is 5.36. The molecule has 0 saturated heterocycles. The van der Waals surface area contributed by atoms with Gasteiger partial charge in [-0.3, -0.25) is 0 Å². The molecule has 0 saturated carbocycles. The summed E-state index contributed by atoms with van der Waals surface area (Å²) in [7, 11) is 0. The van der Waals surface area contributed by atoms with E-state index in [1.54, 1.807) is 30.3 Å². The molecule has 1 aromatic carbocycles. The van der Waals surface area contributed by atoms with Crippen LogP contribution in [0.4, 0.5) is 17.3 Å². The molecule has 1 aromatic heterocycles. The quantitative estimate of drug-likeness (QED) is 0.583. The summed E-state index contributed by atoms with van der Waals surface area (Å²) >= 11 is 6.05. The minimum Gasteiger partial charge on any atom is -0.339 e. The van der Waals surface area contributed by atoms with E-state index in [1.165, 1.54) is 0 Å². The van der Waals surface area contributed by atoms with Gasteiger partial charge in [0.25, 0.3) is 0 Å². The fourth-order valence-corrected chi connectivity index (χ4v) is 1.64. The second-order valence-electron chi connectivity index (χ2n) is 3.48. The minimum absolute atomic E-state index is 0.460. The van der Waals surface area contributed by atoms with Crippen molar-refractivity contribution < 1.29 is 0 Å². The summed E-state index contributed by atoms with van der Waals surface area (Å²) in [6.45, 7) is 0. The maximum absolute atomic E-state index is 8.75. The van der Waals surface area contributed by atoms with Gasteiger partial charge in [-0.25, -0.2) is 10.8 Å². The molecule has 6 heteroatoms. The maximum atomic E-state index is 8.75. The van der Waals surface area contributed by atoms with E-state index in [9.17, 15) is 0 Å². The van der Waals surface area contributed by atoms with Crippen molar-refractivity contribution in [2.75, 3.05) is 10.7 Å². The molecule has 0 aliphatic carbocycles. The van der Waals surface area contributed by atoms with Crippen LogP contribution in [0.3, 0.4) is 0 Å². The van der Waals surface area contributed by atoms with E-state index in [2.05, 4.69) is 15.7 Å². The summed E-state index contributed by atoms with van der Waals surface area (Å²) in [4.78, 5) is 4.20. The van der Waals surface area contributed by atoms with Crippen molar-refractivity contribution in [1.29, 1.82) is 5.26 Å². The van der Waals surface area contributed by atoms with Gasteiger partial charge in [0, 0.05) is 0 Å². The number of halogens is 1. The second-order valence-corrected chi connectivity index (χ2v) is 3.89. The van der Waals surface area contributed by atoms with Crippen LogP contribution in [0.2, 0.25) is 5.02 Å². The van der Waals surface area contributed by atoms with Crippen molar-refractivity contribution in [2.24, 2.45) is 5.84 Å². The Kier molecular flexibility index (Phi) is 3.63. The number of nitrogens with zero attached hydrogens (tertiary/aromatic N) is 2. The number of hydrogen-bond donors (Lipinski definition) is 3. The van der Waals surface area contributed by atoms with E-state index >= 15 is 0 Å². The molecule has 0 bridgehead atoms. The molecule has 0 unspecified atom stereocenters. The highest BCUT2D eigenvalue weighted by atomic mass is 35.5. The number of rotatable bonds is 3. The van der Waals surface area contributed by atoms with Gasteiger partial charge in [-0.15, -0.1) is 0 Å². The third-order valence-corrected chi connectivity index (χ3v) is 2.57. The van der Waals surface area contributed by atoms with Gasteiger partial charge in [0.1, 0.15) is 11.6 Å². The van der Waals surface area contributed by atoms with E-state index < -0.39 is 0 Å². The van der Waals surface area contributed by atoms with Gasteiger partial charge in [-0.1, -0.05) is 17.7 Å². The first-order chi connectivity index (χ1) is 8.72. The minimum atomic E-state index is 0.460. The molecular weight excluding hydrogens is 250 g/mol. The van der Waals surface area contributed by atoms with Crippen LogP contribution in [0.5, 0.6) is 0 Å². The zero-order valence-electron chi connectivity index (χ0n) is 9.31. The zero-order chi connectivity index (χ0) is 13.0. The van der Waals surface area contributed by atoms with E-state index in [0.717, 1.165) is 0 Å². The summed E-state index contributed by atoms with van der Waals surface area (Å²) in [5.41, 5.74) is 3.65. The van der Waals surface area contributed by atoms with Gasteiger partial charge in [-0.05, 0) is 30.3 Å². The van der Waals surface area contributed by atoms with E-state index in [1.807, 2.05) is 12.1 Å². The van der Waals surface area contributed by atoms with Crippen LogP contribution in [0.15, 0.2) is 36.4 Å². The van der Waals surface area contributed by atoms with Crippen molar-refractivity contribution in [2.45, 2.75) is 0 Å². The van der Waals surface area contributed by atoms with Crippen LogP contribution >= 0.6 is 11.6 Å². The smallest absolute Gasteiger partial charge is 0.142 e. The number of nitrogens with two attached hydrogens (primary N) is 1. The number of nitrogens with one attached hydrogen (secondary N) is 2. The number of benzene rings is 1. The number of hydrazine groups is 1. The molecule has 4 N–H and O–H groups in total. The topological polar surface area (TPSA) is 86.8 Å². The van der Waals surface area contributed by atoms with Crippen LogP contribution in [-0.4, -0.2) is 4.98 Å². The number of aromatic nitrogens is 1. The molecule has 90 valence electrons. The van der Waals surface area contributed by atoms with E-state index in [0.29, 0.717) is 27.9 Å². The van der Waals surface area contributed by atoms with Gasteiger partial charge in [0.2, 0.25) is 0 Å². The Morgan fingerprint density at radius 2 is 2.00 bits per heavy atom. The Hall–Kier alpha value is -2.29. The molecule has 0 aliphatic heterocycles. The summed E-state index contributed by atoms with van der Waals surface area (Å²) in [6, 6.07) is 12.4. The third kappa shape index (κ3) is 2.69. The SMILES string of the molecule is N#Cc1ccc(Nc2cccc(NN)n2)c(Cl)c1. The van der Waals surface area contributed by atoms with Gasteiger partial charge in [-0.2, -0.15) is 5.26 Å². The highest BCUT2D eigenvalue weighted by molar-refractivity contribution is 6.33. The predicted molar refractivity (Wildman–Crippen MR) is 71.5 cm³/mol. The lowest BCUT2D eigenvalue weighted by molar-refractivity contribution is 1.22. The lowest BCUT2D eigenvalue weighted by atomic mass is 10.2. The molecule has 1 heterocycles. The molecular formula is C12H10ClN5. The van der Waals surface area contributed by atoms with Crippen molar-refractivity contribution in [3.05, 3.63) is 47.0 Å². The van der Waals surface area contributed by atoms with Gasteiger partial charge in [0.05, 0.1) is 22.3 Å². The maximum Gasteiger partial charge on any atom is 0.142 e. The monoisotopic (exact) mass is 259 g/mol. The molecule has 0 atom stereocenters. The fourth-order valence-electron chi connectivity index (χ4n) is 1.41. The number of nitriles is 1. The molecule has 0 spiro atoms. The molecule has 5 nitrogen and oxygen atoms in total. The average Bonchev–Trinajstić information content (AvgIpc) is 2.41. The highest BCUT2D eigenvalue weighted by Gasteiger charge is 2.03. The van der Waals surface area contributed by atoms with Crippen LogP contribution in [0.1, 0.15) is 5.56 Å². The molecule has 2 aromatic rings. The number of anilines is 3. The predicted octanol–water partition coefficient (Wildman–Crippen LogP) is 2.64. The Morgan fingerprint density at radius 3 is 2.67 bits per heavy atom. The summed E-state index contributed by atoms with van der Waals surface area (Å²) < 4.78 is 0. The number of pyridine rings is 1. The Bertz CT molecular complexity index is 606. The zero-order valence-corrected chi connectivity index (χ0v) is 10.1. The summed E-state index contributed by atoms with van der Waals surface area (Å²) in [5.74, 6) is 6.43. The number of hydrogen-bond acceptors (Lipinski definition) is 5. The van der Waals surface area contributed by atoms with Gasteiger partial charge < -0.3 is 10.7 Å². The van der Waals surface area contributed by atoms with Crippen molar-refractivity contribution in [1.82, 2.24) is 4.98 Å². The molecule has 0 amide bonds. The lowest BCUT2D eigenvalue weighted by Crippen LogP contribution is -2.09. The lowest BCUT2D eigenvalue weighted by Gasteiger charge is -2.08. The summed E-state index contributed by atoms with van der Waals surface area (Å²) in [5, 5.41) is 12.3. The fraction of sp³-hybridized carbons (Fsp3) is 0. The normalized spacial score (nSPS) is 9.61. The van der Waals surface area contributed by atoms with Gasteiger partial charge in [0.15, 0.2) is 0 Å². The average molecular weight is 260 g/mol. The van der Waals surface area contributed by atoms with Crippen LogP contribution in [0.25, 0.3) is 0 Å². The van der Waals surface area contributed by atoms with Gasteiger partial charge >= 0.3 is 0 Å². The highest BCUT2D eigenvalue weighted by Crippen LogP contribution is 2.25. The molecule has 0 radical (unpaired) electrons. The third-order valence-electron chi connectivity index (χ3n) is 2.26. The van der Waals surface area contributed by atoms with E-state index in [4.69, 9.17) is 22.7 Å². The number of nitrogen functional groups attached to an aromatic ring is 1. The molecule has 18 heavy (non-hydrogen) atoms. The van der Waals surface area contributed by atoms with E-state index in [-0.39, 0.29) is 0 Å². The van der Waals surface area contributed by atoms with Crippen LogP contribution < -0.4 is 16.6 Å². The molecule has 2 rings (SSSR count). The first-order valence-electron chi connectivity index (χ1n) is 5.13. The first kappa shape index (κ1) is 12.2. The van der Waals surface area contributed by atoms with Crippen LogP contribution in [-0.2, 0) is 0 Å². The van der Waals surface area contributed by atoms with Crippen molar-refractivity contribution in [3.63, 3.8) is 0 Å². The largest absolute Gasteiger partial charge is 0.339 e. The Balaban J connectivity index is 2.26. The molecule has 0 aliphatic rings. The Morgan fingerprint density at radius 1 is 1.22 bits per heavy atom. The van der Waals surface area contributed by atoms with Crippen LogP contribution in [0, 0.1) is 11.3 Å². The standard InChI is InChI=1S/C12H10ClN5/c13-9-6-8(7-14)4-5-10(9)16-11-2-1-3-12(17-11)18-15/h1-6H,15H2,(H2,16,17,18). The van der Waals surface area contributed by atoms with Crippen molar-refractivity contribution in [3.8, 4) is 6.07 Å².